The van der Waals surface area contributed by atoms with Crippen molar-refractivity contribution in [2.45, 2.75) is 46.7 Å². The number of pyridine rings is 2. The fraction of sp³-hybridized carbons (Fsp3) is 0.321. The molecule has 2 heterocycles. The number of carboxylic acid groups (broad SMARTS) is 1. The molecule has 0 saturated heterocycles. The maximum absolute atomic E-state index is 16.4. The number of rotatable bonds is 8. The largest absolute Gasteiger partial charge is 0.497 e. The van der Waals surface area contributed by atoms with Gasteiger partial charge in [0.25, 0.3) is 5.56 Å². The van der Waals surface area contributed by atoms with Gasteiger partial charge in [0.05, 0.1) is 40.8 Å². The molecule has 0 radical (unpaired) electrons. The van der Waals surface area contributed by atoms with Gasteiger partial charge in [-0.25, -0.2) is 9.18 Å². The van der Waals surface area contributed by atoms with Crippen LogP contribution in [0.25, 0.3) is 21.7 Å². The van der Waals surface area contributed by atoms with E-state index in [1.165, 1.54) is 4.57 Å². The zero-order valence-corrected chi connectivity index (χ0v) is 23.4. The number of hydrogen-bond donors (Lipinski definition) is 1. The number of aromatic nitrogens is 2. The van der Waals surface area contributed by atoms with Crippen molar-refractivity contribution in [3.8, 4) is 11.5 Å². The van der Waals surface area contributed by atoms with Crippen LogP contribution in [-0.4, -0.2) is 39.0 Å². The van der Waals surface area contributed by atoms with E-state index in [1.807, 2.05) is 13.8 Å². The summed E-state index contributed by atoms with van der Waals surface area (Å²) in [5.41, 5.74) is 0.861. The molecule has 1 atom stereocenters. The summed E-state index contributed by atoms with van der Waals surface area (Å²) in [7, 11) is 1.56. The number of aryl methyl sites for hydroxylation is 1. The maximum Gasteiger partial charge on any atom is 0.441 e. The van der Waals surface area contributed by atoms with Crippen LogP contribution in [0, 0.1) is 18.7 Å². The summed E-state index contributed by atoms with van der Waals surface area (Å²) in [6.45, 7) is 7.42. The van der Waals surface area contributed by atoms with Crippen LogP contribution in [0.5, 0.6) is 11.5 Å². The standard InChI is InChI=1S/C28H29BrFN3O5/c1-15(2)12-16(3)33(28(35)36)38-26-22(29)13-21-20-10-11-31-17(4)23(20)27(34)32(25(21)24(26)30)14-18-6-8-19(37-5)9-7-18/h6-11,13,15-16H,12,14H2,1-5H3,(H,35,36). The van der Waals surface area contributed by atoms with Gasteiger partial charge in [0, 0.05) is 17.0 Å². The molecule has 0 bridgehead atoms. The van der Waals surface area contributed by atoms with Gasteiger partial charge in [0.2, 0.25) is 5.75 Å². The molecule has 10 heteroatoms. The van der Waals surface area contributed by atoms with Crippen molar-refractivity contribution in [1.29, 1.82) is 0 Å². The van der Waals surface area contributed by atoms with Crippen LogP contribution < -0.4 is 15.1 Å². The van der Waals surface area contributed by atoms with Crippen molar-refractivity contribution < 1.29 is 23.9 Å². The third-order valence-electron chi connectivity index (χ3n) is 6.40. The molecule has 1 unspecified atom stereocenters. The van der Waals surface area contributed by atoms with Crippen molar-refractivity contribution in [3.05, 3.63) is 74.5 Å². The van der Waals surface area contributed by atoms with Gasteiger partial charge in [-0.15, -0.1) is 5.06 Å². The monoisotopic (exact) mass is 585 g/mol. The van der Waals surface area contributed by atoms with Crippen LogP contribution >= 0.6 is 15.9 Å². The third-order valence-corrected chi connectivity index (χ3v) is 6.99. The summed E-state index contributed by atoms with van der Waals surface area (Å²) in [4.78, 5) is 35.8. The Morgan fingerprint density at radius 1 is 1.18 bits per heavy atom. The number of amides is 1. The molecule has 2 aromatic carbocycles. The van der Waals surface area contributed by atoms with E-state index in [0.29, 0.717) is 34.0 Å². The first-order valence-corrected chi connectivity index (χ1v) is 13.0. The second kappa shape index (κ2) is 11.0. The number of fused-ring (bicyclic) bond motifs is 3. The minimum Gasteiger partial charge on any atom is -0.497 e. The quantitative estimate of drug-likeness (QED) is 0.187. The first kappa shape index (κ1) is 27.4. The molecule has 8 nitrogen and oxygen atoms in total. The van der Waals surface area contributed by atoms with Crippen molar-refractivity contribution in [2.24, 2.45) is 5.92 Å². The molecule has 2 aromatic heterocycles. The normalized spacial score (nSPS) is 12.2. The Labute approximate surface area is 227 Å². The lowest BCUT2D eigenvalue weighted by molar-refractivity contribution is -0.0710. The van der Waals surface area contributed by atoms with E-state index >= 15 is 4.39 Å². The predicted octanol–water partition coefficient (Wildman–Crippen LogP) is 6.53. The number of ether oxygens (including phenoxy) is 1. The Balaban J connectivity index is 1.98. The second-order valence-corrected chi connectivity index (χ2v) is 10.5. The topological polar surface area (TPSA) is 93.9 Å². The van der Waals surface area contributed by atoms with Crippen LogP contribution in [0.2, 0.25) is 0 Å². The number of hydrogen-bond acceptors (Lipinski definition) is 5. The fourth-order valence-electron chi connectivity index (χ4n) is 4.70. The first-order valence-electron chi connectivity index (χ1n) is 12.2. The minimum atomic E-state index is -1.35. The van der Waals surface area contributed by atoms with E-state index < -0.39 is 23.5 Å². The molecule has 200 valence electrons. The predicted molar refractivity (Wildman–Crippen MR) is 147 cm³/mol. The molecular weight excluding hydrogens is 557 g/mol. The highest BCUT2D eigenvalue weighted by molar-refractivity contribution is 9.10. The summed E-state index contributed by atoms with van der Waals surface area (Å²) in [6.07, 6.45) is 0.735. The van der Waals surface area contributed by atoms with Gasteiger partial charge in [0.15, 0.2) is 5.82 Å². The number of carbonyl (C=O) groups is 1. The van der Waals surface area contributed by atoms with Gasteiger partial charge in [-0.1, -0.05) is 26.0 Å². The average Bonchev–Trinajstić information content (AvgIpc) is 2.86. The molecule has 38 heavy (non-hydrogen) atoms. The zero-order valence-electron chi connectivity index (χ0n) is 21.8. The maximum atomic E-state index is 16.4. The Kier molecular flexibility index (Phi) is 7.91. The number of halogens is 2. The first-order chi connectivity index (χ1) is 18.0. The fourth-order valence-corrected chi connectivity index (χ4v) is 5.18. The van der Waals surface area contributed by atoms with Gasteiger partial charge in [-0.05, 0) is 71.9 Å². The van der Waals surface area contributed by atoms with Gasteiger partial charge < -0.3 is 19.2 Å². The summed E-state index contributed by atoms with van der Waals surface area (Å²) >= 11 is 3.37. The van der Waals surface area contributed by atoms with E-state index in [9.17, 15) is 14.7 Å². The van der Waals surface area contributed by atoms with E-state index in [1.54, 1.807) is 63.6 Å². The van der Waals surface area contributed by atoms with Crippen LogP contribution in [0.15, 0.2) is 51.9 Å². The molecule has 0 saturated carbocycles. The highest BCUT2D eigenvalue weighted by Crippen LogP contribution is 2.38. The lowest BCUT2D eigenvalue weighted by atomic mass is 10.0. The van der Waals surface area contributed by atoms with Crippen molar-refractivity contribution in [3.63, 3.8) is 0 Å². The van der Waals surface area contributed by atoms with Crippen LogP contribution in [0.1, 0.15) is 38.4 Å². The second-order valence-electron chi connectivity index (χ2n) is 9.63. The van der Waals surface area contributed by atoms with E-state index in [0.717, 1.165) is 10.6 Å². The lowest BCUT2D eigenvalue weighted by Gasteiger charge is -2.27. The number of benzene rings is 2. The third kappa shape index (κ3) is 5.18. The molecule has 1 N–H and O–H groups in total. The SMILES string of the molecule is COc1ccc(Cn2c(=O)c3c(C)nccc3c3cc(Br)c(ON(C(=O)O)C(C)CC(C)C)c(F)c32)cc1. The zero-order chi connectivity index (χ0) is 27.7. The smallest absolute Gasteiger partial charge is 0.441 e. The van der Waals surface area contributed by atoms with Crippen molar-refractivity contribution >= 4 is 43.7 Å². The Morgan fingerprint density at radius 3 is 2.47 bits per heavy atom. The van der Waals surface area contributed by atoms with Gasteiger partial charge in [0.1, 0.15) is 5.75 Å². The number of methoxy groups -OCH3 is 1. The van der Waals surface area contributed by atoms with Gasteiger partial charge >= 0.3 is 6.09 Å². The molecule has 0 spiro atoms. The highest BCUT2D eigenvalue weighted by atomic mass is 79.9. The molecule has 0 aliphatic heterocycles. The lowest BCUT2D eigenvalue weighted by Crippen LogP contribution is -2.41. The Hall–Kier alpha value is -3.66. The number of nitrogens with zero attached hydrogens (tertiary/aromatic N) is 3. The van der Waals surface area contributed by atoms with Gasteiger partial charge in [-0.2, -0.15) is 0 Å². The average molecular weight is 586 g/mol. The summed E-state index contributed by atoms with van der Waals surface area (Å²) < 4.78 is 23.2. The summed E-state index contributed by atoms with van der Waals surface area (Å²) in [5.74, 6) is -0.319. The van der Waals surface area contributed by atoms with E-state index in [-0.39, 0.29) is 28.2 Å². The molecule has 4 aromatic rings. The van der Waals surface area contributed by atoms with Crippen LogP contribution in [0.4, 0.5) is 9.18 Å². The van der Waals surface area contributed by atoms with E-state index in [2.05, 4.69) is 20.9 Å². The number of hydroxylamine groups is 2. The van der Waals surface area contributed by atoms with Gasteiger partial charge in [-0.3, -0.25) is 9.78 Å². The van der Waals surface area contributed by atoms with Crippen LogP contribution in [0.3, 0.4) is 0 Å². The molecular formula is C28H29BrFN3O5. The highest BCUT2D eigenvalue weighted by Gasteiger charge is 2.28. The Morgan fingerprint density at radius 2 is 1.87 bits per heavy atom. The van der Waals surface area contributed by atoms with Crippen LogP contribution in [-0.2, 0) is 6.54 Å². The van der Waals surface area contributed by atoms with Crippen molar-refractivity contribution in [1.82, 2.24) is 14.6 Å². The van der Waals surface area contributed by atoms with Crippen molar-refractivity contribution in [2.75, 3.05) is 7.11 Å². The van der Waals surface area contributed by atoms with E-state index in [4.69, 9.17) is 9.57 Å². The molecule has 0 aliphatic rings. The molecule has 4 rings (SSSR count). The molecule has 0 fully saturated rings. The summed E-state index contributed by atoms with van der Waals surface area (Å²) in [5, 5.41) is 11.9. The molecule has 0 aliphatic carbocycles. The summed E-state index contributed by atoms with van der Waals surface area (Å²) in [6, 6.07) is 9.90. The molecule has 1 amide bonds. The minimum absolute atomic E-state index is 0.00368. The Bertz CT molecular complexity index is 1570.